The second kappa shape index (κ2) is 13.6. The molecular weight excluding hydrogens is 570 g/mol. The first-order chi connectivity index (χ1) is 21.3. The van der Waals surface area contributed by atoms with E-state index in [-0.39, 0.29) is 18.4 Å². The Hall–Kier alpha value is -3.88. The highest BCUT2D eigenvalue weighted by molar-refractivity contribution is 5.95. The topological polar surface area (TPSA) is 116 Å². The number of aliphatic carboxylic acids is 1. The third-order valence-electron chi connectivity index (χ3n) is 9.97. The Morgan fingerprint density at radius 3 is 2.13 bits per heavy atom. The number of benzene rings is 2. The summed E-state index contributed by atoms with van der Waals surface area (Å²) in [7, 11) is 1.55. The molecule has 0 spiro atoms. The molecule has 4 atom stereocenters. The van der Waals surface area contributed by atoms with E-state index in [1.807, 2.05) is 65.8 Å². The van der Waals surface area contributed by atoms with Crippen LogP contribution in [0.25, 0.3) is 11.1 Å². The first kappa shape index (κ1) is 34.0. The lowest BCUT2D eigenvalue weighted by molar-refractivity contribution is -0.166. The lowest BCUT2D eigenvalue weighted by Crippen LogP contribution is -2.65. The molecule has 1 aliphatic carbocycles. The van der Waals surface area contributed by atoms with Gasteiger partial charge in [0.15, 0.2) is 0 Å². The van der Waals surface area contributed by atoms with Gasteiger partial charge in [-0.15, -0.1) is 0 Å². The molecule has 1 saturated heterocycles. The molecule has 0 radical (unpaired) electrons. The van der Waals surface area contributed by atoms with Crippen molar-refractivity contribution in [1.82, 2.24) is 15.1 Å². The van der Waals surface area contributed by atoms with Gasteiger partial charge in [0.1, 0.15) is 24.2 Å². The van der Waals surface area contributed by atoms with Crippen LogP contribution in [0.3, 0.4) is 0 Å². The standard InChI is InChI=1S/C36H49N3O6/c1-8-15-29(38(7)34(44)45-22-28-26-18-12-10-16-24(26)25-17-11-13-19-27(25)28)31(40)37-30(23(3)9-2)32(41)39-21-14-20-36(39,33(42)43)35(4,5)6/h10-13,16-19,23,28-30H,8-9,14-15,20-22H2,1-7H3,(H,37,40)(H,42,43)/t23-,29-,30-,36+/m0/s1. The number of hydrogen-bond acceptors (Lipinski definition) is 5. The average molecular weight is 620 g/mol. The molecule has 0 bridgehead atoms. The SMILES string of the molecule is CCC[C@@H](C(=O)N[C@H](C(=O)N1CCC[C@@]1(C(=O)O)C(C)(C)C)[C@@H](C)CC)N(C)C(=O)OCC1c2ccccc2-c2ccccc21. The number of hydrogen-bond donors (Lipinski definition) is 2. The van der Waals surface area contributed by atoms with Crippen molar-refractivity contribution in [2.24, 2.45) is 11.3 Å². The first-order valence-electron chi connectivity index (χ1n) is 16.2. The van der Waals surface area contributed by atoms with Crippen LogP contribution < -0.4 is 5.32 Å². The van der Waals surface area contributed by atoms with Crippen molar-refractivity contribution in [2.45, 2.75) is 97.2 Å². The van der Waals surface area contributed by atoms with E-state index in [1.54, 1.807) is 7.05 Å². The van der Waals surface area contributed by atoms with Crippen LogP contribution in [0.15, 0.2) is 48.5 Å². The number of carbonyl (C=O) groups excluding carboxylic acids is 3. The molecule has 0 saturated carbocycles. The Labute approximate surface area is 267 Å². The molecule has 0 unspecified atom stereocenters. The number of likely N-dealkylation sites (tertiary alicyclic amines) is 1. The molecule has 9 nitrogen and oxygen atoms in total. The lowest BCUT2D eigenvalue weighted by Gasteiger charge is -2.46. The summed E-state index contributed by atoms with van der Waals surface area (Å²) >= 11 is 0. The van der Waals surface area contributed by atoms with Crippen molar-refractivity contribution in [2.75, 3.05) is 20.2 Å². The number of rotatable bonds is 11. The van der Waals surface area contributed by atoms with Gasteiger partial charge >= 0.3 is 12.1 Å². The summed E-state index contributed by atoms with van der Waals surface area (Å²) in [5.74, 6) is -2.25. The molecule has 1 heterocycles. The summed E-state index contributed by atoms with van der Waals surface area (Å²) in [6, 6.07) is 14.4. The molecule has 4 rings (SSSR count). The highest BCUT2D eigenvalue weighted by Crippen LogP contribution is 2.45. The fourth-order valence-electron chi connectivity index (χ4n) is 7.14. The van der Waals surface area contributed by atoms with Crippen molar-refractivity contribution >= 4 is 23.9 Å². The second-order valence-electron chi connectivity index (χ2n) is 13.6. The number of likely N-dealkylation sites (N-methyl/N-ethyl adjacent to an activating group) is 1. The van der Waals surface area contributed by atoms with Gasteiger partial charge in [-0.25, -0.2) is 9.59 Å². The number of nitrogens with zero attached hydrogens (tertiary/aromatic N) is 2. The maximum atomic E-state index is 14.1. The smallest absolute Gasteiger partial charge is 0.410 e. The largest absolute Gasteiger partial charge is 0.479 e. The Morgan fingerprint density at radius 1 is 1.04 bits per heavy atom. The van der Waals surface area contributed by atoms with Gasteiger partial charge in [0.05, 0.1) is 0 Å². The zero-order chi connectivity index (χ0) is 33.1. The van der Waals surface area contributed by atoms with Gasteiger partial charge in [-0.3, -0.25) is 14.5 Å². The molecule has 244 valence electrons. The zero-order valence-electron chi connectivity index (χ0n) is 27.8. The summed E-state index contributed by atoms with van der Waals surface area (Å²) in [6.07, 6.45) is 1.90. The summed E-state index contributed by atoms with van der Waals surface area (Å²) in [5, 5.41) is 13.3. The number of fused-ring (bicyclic) bond motifs is 3. The van der Waals surface area contributed by atoms with E-state index in [1.165, 1.54) is 9.80 Å². The lowest BCUT2D eigenvalue weighted by atomic mass is 9.71. The molecule has 2 aromatic rings. The van der Waals surface area contributed by atoms with Crippen molar-refractivity contribution in [1.29, 1.82) is 0 Å². The molecule has 2 aromatic carbocycles. The zero-order valence-corrected chi connectivity index (χ0v) is 27.8. The summed E-state index contributed by atoms with van der Waals surface area (Å²) in [5.41, 5.74) is 2.36. The number of carboxylic acids is 1. The van der Waals surface area contributed by atoms with Crippen molar-refractivity contribution in [3.63, 3.8) is 0 Å². The Bertz CT molecular complexity index is 1370. The predicted octanol–water partition coefficient (Wildman–Crippen LogP) is 6.06. The van der Waals surface area contributed by atoms with E-state index in [2.05, 4.69) is 29.6 Å². The molecule has 2 N–H and O–H groups in total. The maximum absolute atomic E-state index is 14.1. The quantitative estimate of drug-likeness (QED) is 0.316. The van der Waals surface area contributed by atoms with Gasteiger partial charge in [0, 0.05) is 19.5 Å². The fourth-order valence-corrected chi connectivity index (χ4v) is 7.14. The summed E-state index contributed by atoms with van der Waals surface area (Å²) < 4.78 is 5.84. The molecule has 1 aliphatic heterocycles. The monoisotopic (exact) mass is 619 g/mol. The van der Waals surface area contributed by atoms with E-state index in [9.17, 15) is 24.3 Å². The highest BCUT2D eigenvalue weighted by atomic mass is 16.6. The number of amides is 3. The Balaban J connectivity index is 1.51. The van der Waals surface area contributed by atoms with Crippen LogP contribution in [0.1, 0.15) is 90.7 Å². The van der Waals surface area contributed by atoms with Crippen molar-refractivity contribution in [3.8, 4) is 11.1 Å². The van der Waals surface area contributed by atoms with Crippen LogP contribution in [0.4, 0.5) is 4.79 Å². The average Bonchev–Trinajstić information content (AvgIpc) is 3.61. The molecule has 1 fully saturated rings. The summed E-state index contributed by atoms with van der Waals surface area (Å²) in [4.78, 5) is 56.9. The predicted molar refractivity (Wildman–Crippen MR) is 174 cm³/mol. The van der Waals surface area contributed by atoms with Gasteiger partial charge < -0.3 is 20.1 Å². The molecule has 9 heteroatoms. The molecule has 2 aliphatic rings. The minimum atomic E-state index is -1.37. The van der Waals surface area contributed by atoms with E-state index >= 15 is 0 Å². The maximum Gasteiger partial charge on any atom is 0.410 e. The van der Waals surface area contributed by atoms with E-state index in [0.717, 1.165) is 22.3 Å². The highest BCUT2D eigenvalue weighted by Gasteiger charge is 2.58. The van der Waals surface area contributed by atoms with E-state index in [4.69, 9.17) is 4.74 Å². The third-order valence-corrected chi connectivity index (χ3v) is 9.97. The van der Waals surface area contributed by atoms with Crippen molar-refractivity contribution < 1.29 is 29.0 Å². The van der Waals surface area contributed by atoms with E-state index in [0.29, 0.717) is 38.6 Å². The molecule has 0 aromatic heterocycles. The van der Waals surface area contributed by atoms with E-state index < -0.39 is 46.9 Å². The third kappa shape index (κ3) is 6.31. The second-order valence-corrected chi connectivity index (χ2v) is 13.6. The van der Waals surface area contributed by atoms with Crippen LogP contribution >= 0.6 is 0 Å². The number of ether oxygens (including phenoxy) is 1. The number of carbonyl (C=O) groups is 4. The van der Waals surface area contributed by atoms with Gasteiger partial charge in [0.2, 0.25) is 11.8 Å². The summed E-state index contributed by atoms with van der Waals surface area (Å²) in [6.45, 7) is 11.7. The normalized spacial score (nSPS) is 19.7. The number of carboxylic acid groups (broad SMARTS) is 1. The molecule has 45 heavy (non-hydrogen) atoms. The minimum absolute atomic E-state index is 0.113. The first-order valence-corrected chi connectivity index (χ1v) is 16.2. The molecular formula is C36H49N3O6. The van der Waals surface area contributed by atoms with Gasteiger partial charge in [-0.1, -0.05) is 103 Å². The van der Waals surface area contributed by atoms with Gasteiger partial charge in [0.25, 0.3) is 0 Å². The molecule has 3 amide bonds. The Morgan fingerprint density at radius 2 is 1.62 bits per heavy atom. The van der Waals surface area contributed by atoms with Crippen molar-refractivity contribution in [3.05, 3.63) is 59.7 Å². The van der Waals surface area contributed by atoms with Gasteiger partial charge in [-0.2, -0.15) is 0 Å². The van der Waals surface area contributed by atoms with Crippen LogP contribution in [-0.2, 0) is 19.1 Å². The van der Waals surface area contributed by atoms with Crippen LogP contribution in [0.2, 0.25) is 0 Å². The minimum Gasteiger partial charge on any atom is -0.479 e. The van der Waals surface area contributed by atoms with Gasteiger partial charge in [-0.05, 0) is 52.8 Å². The van der Waals surface area contributed by atoms with Crippen LogP contribution in [0.5, 0.6) is 0 Å². The van der Waals surface area contributed by atoms with Crippen LogP contribution in [0, 0.1) is 11.3 Å². The fraction of sp³-hybridized carbons (Fsp3) is 0.556. The Kier molecular flexibility index (Phi) is 10.3. The van der Waals surface area contributed by atoms with Crippen LogP contribution in [-0.4, -0.2) is 76.6 Å². The number of nitrogens with one attached hydrogen (secondary N) is 1.